The summed E-state index contributed by atoms with van der Waals surface area (Å²) in [6.07, 6.45) is 0. The van der Waals surface area contributed by atoms with Crippen molar-refractivity contribution in [2.24, 2.45) is 0 Å². The van der Waals surface area contributed by atoms with Crippen molar-refractivity contribution in [3.63, 3.8) is 0 Å². The van der Waals surface area contributed by atoms with Gasteiger partial charge in [-0.2, -0.15) is 0 Å². The smallest absolute Gasteiger partial charge is 0.290 e. The summed E-state index contributed by atoms with van der Waals surface area (Å²) in [5.41, 5.74) is 2.07. The number of methoxy groups -OCH3 is 1. The Morgan fingerprint density at radius 3 is 2.43 bits per heavy atom. The fourth-order valence-electron chi connectivity index (χ4n) is 3.36. The maximum absolute atomic E-state index is 13.1. The Labute approximate surface area is 169 Å². The van der Waals surface area contributed by atoms with E-state index in [1.54, 1.807) is 24.6 Å². The van der Waals surface area contributed by atoms with Crippen LogP contribution in [0.3, 0.4) is 0 Å². The number of amides is 1. The molecule has 5 nitrogen and oxygen atoms in total. The Kier molecular flexibility index (Phi) is 5.72. The Hall–Kier alpha value is -2.44. The zero-order chi connectivity index (χ0) is 20.5. The molecule has 0 bridgehead atoms. The molecule has 0 fully saturated rings. The fourth-order valence-corrected chi connectivity index (χ4v) is 4.04. The molecule has 2 aromatic rings. The van der Waals surface area contributed by atoms with Gasteiger partial charge in [-0.25, -0.2) is 0 Å². The molecule has 3 rings (SSSR count). The minimum Gasteiger partial charge on any atom is -0.503 e. The minimum absolute atomic E-state index is 0.00659. The van der Waals surface area contributed by atoms with Gasteiger partial charge in [-0.3, -0.25) is 9.59 Å². The van der Waals surface area contributed by atoms with E-state index in [0.717, 1.165) is 11.1 Å². The van der Waals surface area contributed by atoms with Crippen molar-refractivity contribution >= 4 is 23.0 Å². The van der Waals surface area contributed by atoms with E-state index in [2.05, 4.69) is 20.8 Å². The van der Waals surface area contributed by atoms with E-state index in [1.165, 1.54) is 16.2 Å². The van der Waals surface area contributed by atoms with Crippen LogP contribution in [0.5, 0.6) is 0 Å². The highest BCUT2D eigenvalue weighted by atomic mass is 32.1. The second-order valence-corrected chi connectivity index (χ2v) is 8.78. The van der Waals surface area contributed by atoms with Crippen molar-refractivity contribution in [2.75, 3.05) is 20.3 Å². The molecular formula is C22H25NO4S. The first kappa shape index (κ1) is 20.3. The summed E-state index contributed by atoms with van der Waals surface area (Å²) in [4.78, 5) is 27.8. The van der Waals surface area contributed by atoms with Crippen molar-refractivity contribution in [3.05, 3.63) is 69.1 Å². The minimum atomic E-state index is -0.633. The van der Waals surface area contributed by atoms with Crippen LogP contribution in [0.15, 0.2) is 53.1 Å². The van der Waals surface area contributed by atoms with Crippen LogP contribution in [0.4, 0.5) is 0 Å². The highest BCUT2D eigenvalue weighted by molar-refractivity contribution is 7.12. The number of aliphatic hydroxyl groups excluding tert-OH is 1. The molecule has 1 atom stereocenters. The van der Waals surface area contributed by atoms with Gasteiger partial charge in [0, 0.05) is 13.7 Å². The van der Waals surface area contributed by atoms with E-state index in [9.17, 15) is 14.7 Å². The average Bonchev–Trinajstić information content (AvgIpc) is 3.27. The number of hydrogen-bond acceptors (Lipinski definition) is 5. The molecule has 0 spiro atoms. The van der Waals surface area contributed by atoms with Gasteiger partial charge in [0.1, 0.15) is 0 Å². The third-order valence-corrected chi connectivity index (χ3v) is 5.79. The lowest BCUT2D eigenvalue weighted by molar-refractivity contribution is -0.130. The van der Waals surface area contributed by atoms with E-state index in [-0.39, 0.29) is 23.3 Å². The molecule has 1 aromatic carbocycles. The largest absolute Gasteiger partial charge is 0.503 e. The molecule has 1 N–H and O–H groups in total. The molecule has 1 aromatic heterocycles. The Bertz CT molecular complexity index is 892. The Morgan fingerprint density at radius 1 is 1.21 bits per heavy atom. The van der Waals surface area contributed by atoms with Crippen LogP contribution in [0.2, 0.25) is 0 Å². The number of ether oxygens (including phenoxy) is 1. The van der Waals surface area contributed by atoms with Gasteiger partial charge in [0.05, 0.1) is 23.1 Å². The van der Waals surface area contributed by atoms with E-state index >= 15 is 0 Å². The van der Waals surface area contributed by atoms with Gasteiger partial charge in [-0.15, -0.1) is 11.3 Å². The SMILES string of the molecule is COCCN1C(=O)C(O)=C(C(=O)c2cccs2)C1c1ccc(C(C)(C)C)cc1. The highest BCUT2D eigenvalue weighted by Crippen LogP contribution is 2.39. The van der Waals surface area contributed by atoms with Crippen LogP contribution in [0.25, 0.3) is 0 Å². The maximum Gasteiger partial charge on any atom is 0.290 e. The van der Waals surface area contributed by atoms with Gasteiger partial charge in [-0.1, -0.05) is 51.1 Å². The average molecular weight is 400 g/mol. The lowest BCUT2D eigenvalue weighted by atomic mass is 9.85. The van der Waals surface area contributed by atoms with E-state index in [0.29, 0.717) is 11.5 Å². The standard InChI is InChI=1S/C22H25NO4S/c1-22(2,3)15-9-7-14(8-10-15)18-17(19(24)16-6-5-13-28-16)20(25)21(26)23(18)11-12-27-4/h5-10,13,18,25H,11-12H2,1-4H3. The zero-order valence-electron chi connectivity index (χ0n) is 16.6. The van der Waals surface area contributed by atoms with Gasteiger partial charge < -0.3 is 14.7 Å². The molecule has 1 unspecified atom stereocenters. The predicted octanol–water partition coefficient (Wildman–Crippen LogP) is 4.27. The first-order valence-electron chi connectivity index (χ1n) is 9.17. The van der Waals surface area contributed by atoms with Crippen molar-refractivity contribution in [1.29, 1.82) is 0 Å². The molecule has 0 saturated heterocycles. The summed E-state index contributed by atoms with van der Waals surface area (Å²) in [5.74, 6) is -1.33. The zero-order valence-corrected chi connectivity index (χ0v) is 17.4. The lowest BCUT2D eigenvalue weighted by Gasteiger charge is -2.27. The number of aliphatic hydroxyl groups is 1. The summed E-state index contributed by atoms with van der Waals surface area (Å²) in [6, 6.07) is 10.7. The van der Waals surface area contributed by atoms with Crippen LogP contribution >= 0.6 is 11.3 Å². The molecule has 148 valence electrons. The summed E-state index contributed by atoms with van der Waals surface area (Å²) < 4.78 is 5.13. The summed E-state index contributed by atoms with van der Waals surface area (Å²) in [6.45, 7) is 6.98. The fraction of sp³-hybridized carbons (Fsp3) is 0.364. The second-order valence-electron chi connectivity index (χ2n) is 7.83. The van der Waals surface area contributed by atoms with Gasteiger partial charge in [0.25, 0.3) is 5.91 Å². The van der Waals surface area contributed by atoms with E-state index < -0.39 is 17.7 Å². The third-order valence-electron chi connectivity index (χ3n) is 4.92. The first-order chi connectivity index (χ1) is 13.3. The molecule has 6 heteroatoms. The maximum atomic E-state index is 13.1. The summed E-state index contributed by atoms with van der Waals surface area (Å²) >= 11 is 1.29. The number of carbonyl (C=O) groups is 2. The van der Waals surface area contributed by atoms with Gasteiger partial charge in [0.15, 0.2) is 5.76 Å². The number of carbonyl (C=O) groups excluding carboxylic acids is 2. The van der Waals surface area contributed by atoms with Crippen molar-refractivity contribution in [1.82, 2.24) is 4.90 Å². The van der Waals surface area contributed by atoms with Gasteiger partial charge >= 0.3 is 0 Å². The van der Waals surface area contributed by atoms with Crippen molar-refractivity contribution < 1.29 is 19.4 Å². The van der Waals surface area contributed by atoms with Crippen LogP contribution in [0.1, 0.15) is 47.6 Å². The number of Topliss-reactive ketones (excluding diaryl/α,β-unsaturated/α-hetero) is 1. The van der Waals surface area contributed by atoms with E-state index in [4.69, 9.17) is 4.74 Å². The van der Waals surface area contributed by atoms with E-state index in [1.807, 2.05) is 24.3 Å². The van der Waals surface area contributed by atoms with Crippen molar-refractivity contribution in [3.8, 4) is 0 Å². The monoisotopic (exact) mass is 399 g/mol. The topological polar surface area (TPSA) is 66.8 Å². The lowest BCUT2D eigenvalue weighted by Crippen LogP contribution is -2.34. The molecule has 1 aliphatic heterocycles. The quantitative estimate of drug-likeness (QED) is 0.737. The van der Waals surface area contributed by atoms with Gasteiger partial charge in [-0.05, 0) is 28.0 Å². The number of ketones is 1. The number of rotatable bonds is 6. The highest BCUT2D eigenvalue weighted by Gasteiger charge is 2.43. The third kappa shape index (κ3) is 3.75. The van der Waals surface area contributed by atoms with Crippen LogP contribution in [-0.2, 0) is 14.9 Å². The van der Waals surface area contributed by atoms with Gasteiger partial charge in [0.2, 0.25) is 5.78 Å². The van der Waals surface area contributed by atoms with Crippen molar-refractivity contribution in [2.45, 2.75) is 32.2 Å². The molecular weight excluding hydrogens is 374 g/mol. The summed E-state index contributed by atoms with van der Waals surface area (Å²) in [5, 5.41) is 12.3. The van der Waals surface area contributed by atoms with Crippen LogP contribution in [0, 0.1) is 0 Å². The van der Waals surface area contributed by atoms with Crippen LogP contribution < -0.4 is 0 Å². The second kappa shape index (κ2) is 7.89. The molecule has 1 aliphatic rings. The number of thiophene rings is 1. The molecule has 0 saturated carbocycles. The molecule has 1 amide bonds. The number of benzene rings is 1. The number of nitrogens with zero attached hydrogens (tertiary/aromatic N) is 1. The molecule has 0 aliphatic carbocycles. The first-order valence-corrected chi connectivity index (χ1v) is 10.1. The van der Waals surface area contributed by atoms with Crippen LogP contribution in [-0.4, -0.2) is 42.0 Å². The molecule has 28 heavy (non-hydrogen) atoms. The molecule has 2 heterocycles. The Balaban J connectivity index is 2.05. The predicted molar refractivity (Wildman–Crippen MR) is 110 cm³/mol. The summed E-state index contributed by atoms with van der Waals surface area (Å²) in [7, 11) is 1.55. The molecule has 0 radical (unpaired) electrons. The number of hydrogen-bond donors (Lipinski definition) is 1. The normalized spacial score (nSPS) is 17.5. The Morgan fingerprint density at radius 2 is 1.89 bits per heavy atom.